The van der Waals surface area contributed by atoms with Gasteiger partial charge in [-0.25, -0.2) is 4.79 Å². The van der Waals surface area contributed by atoms with E-state index in [0.717, 1.165) is 13.0 Å². The summed E-state index contributed by atoms with van der Waals surface area (Å²) < 4.78 is 0. The molecular formula is C12H23N3O. The van der Waals surface area contributed by atoms with Gasteiger partial charge >= 0.3 is 6.03 Å². The van der Waals surface area contributed by atoms with Crippen LogP contribution in [0.15, 0.2) is 0 Å². The zero-order valence-electron chi connectivity index (χ0n) is 10.9. The van der Waals surface area contributed by atoms with Gasteiger partial charge in [0, 0.05) is 6.54 Å². The van der Waals surface area contributed by atoms with Gasteiger partial charge < -0.3 is 4.90 Å². The second-order valence-corrected chi connectivity index (χ2v) is 6.17. The van der Waals surface area contributed by atoms with Crippen LogP contribution in [0.5, 0.6) is 0 Å². The van der Waals surface area contributed by atoms with Crippen LogP contribution in [0.2, 0.25) is 0 Å². The molecule has 1 unspecified atom stereocenters. The third-order valence-electron chi connectivity index (χ3n) is 2.58. The maximum Gasteiger partial charge on any atom is 0.323 e. The van der Waals surface area contributed by atoms with Crippen LogP contribution < -0.4 is 5.32 Å². The highest BCUT2D eigenvalue weighted by Gasteiger charge is 2.37. The normalized spacial score (nSPS) is 21.9. The number of hydrogen-bond acceptors (Lipinski definition) is 2. The van der Waals surface area contributed by atoms with Crippen molar-refractivity contribution in [1.29, 1.82) is 5.41 Å². The minimum absolute atomic E-state index is 0.0742. The molecule has 0 aromatic heterocycles. The Kier molecular flexibility index (Phi) is 3.61. The lowest BCUT2D eigenvalue weighted by Gasteiger charge is -2.29. The maximum atomic E-state index is 11.7. The van der Waals surface area contributed by atoms with E-state index in [1.807, 2.05) is 0 Å². The monoisotopic (exact) mass is 225 g/mol. The average molecular weight is 225 g/mol. The van der Waals surface area contributed by atoms with Gasteiger partial charge in [0.2, 0.25) is 0 Å². The molecule has 1 heterocycles. The van der Waals surface area contributed by atoms with Gasteiger partial charge in [-0.05, 0) is 17.8 Å². The smallest absolute Gasteiger partial charge is 0.314 e. The number of carbonyl (C=O) groups excluding carboxylic acids is 1. The Hall–Kier alpha value is -1.06. The molecular weight excluding hydrogens is 202 g/mol. The van der Waals surface area contributed by atoms with Crippen molar-refractivity contribution in [3.8, 4) is 0 Å². The fourth-order valence-corrected chi connectivity index (χ4v) is 1.96. The van der Waals surface area contributed by atoms with E-state index < -0.39 is 0 Å². The molecule has 1 rings (SSSR count). The van der Waals surface area contributed by atoms with Crippen LogP contribution in [0.4, 0.5) is 4.79 Å². The molecule has 1 fully saturated rings. The summed E-state index contributed by atoms with van der Waals surface area (Å²) in [5.41, 5.74) is 0.124. The molecule has 0 aromatic carbocycles. The summed E-state index contributed by atoms with van der Waals surface area (Å²) in [4.78, 5) is 13.5. The predicted molar refractivity (Wildman–Crippen MR) is 65.7 cm³/mol. The average Bonchev–Trinajstić information content (AvgIpc) is 2.28. The standard InChI is InChI=1S/C12H23N3O/c1-8(2)7-15-9(6-12(3,4)5)10(13)14-11(15)16/h8-9H,6-7H2,1-5H3,(H2,13,14,16). The molecule has 1 atom stereocenters. The lowest BCUT2D eigenvalue weighted by atomic mass is 9.87. The number of carbonyl (C=O) groups is 1. The molecule has 1 aliphatic rings. The van der Waals surface area contributed by atoms with E-state index in [1.54, 1.807) is 4.90 Å². The van der Waals surface area contributed by atoms with Crippen LogP contribution in [0, 0.1) is 16.7 Å². The number of hydrogen-bond donors (Lipinski definition) is 2. The van der Waals surface area contributed by atoms with Crippen LogP contribution in [0.1, 0.15) is 41.0 Å². The van der Waals surface area contributed by atoms with Crippen molar-refractivity contribution in [2.45, 2.75) is 47.1 Å². The summed E-state index contributed by atoms with van der Waals surface area (Å²) in [6, 6.07) is -0.192. The number of amides is 2. The van der Waals surface area contributed by atoms with Crippen molar-refractivity contribution in [3.05, 3.63) is 0 Å². The van der Waals surface area contributed by atoms with Crippen LogP contribution in [0.3, 0.4) is 0 Å². The molecule has 0 radical (unpaired) electrons. The second-order valence-electron chi connectivity index (χ2n) is 6.17. The Balaban J connectivity index is 2.77. The summed E-state index contributed by atoms with van der Waals surface area (Å²) in [6.07, 6.45) is 0.831. The minimum atomic E-state index is -0.118. The summed E-state index contributed by atoms with van der Waals surface area (Å²) in [5.74, 6) is 0.777. The van der Waals surface area contributed by atoms with Crippen molar-refractivity contribution in [2.24, 2.45) is 11.3 Å². The highest BCUT2D eigenvalue weighted by Crippen LogP contribution is 2.26. The highest BCUT2D eigenvalue weighted by molar-refractivity contribution is 6.05. The van der Waals surface area contributed by atoms with E-state index in [4.69, 9.17) is 5.41 Å². The fourth-order valence-electron chi connectivity index (χ4n) is 1.96. The lowest BCUT2D eigenvalue weighted by Crippen LogP contribution is -2.39. The summed E-state index contributed by atoms with van der Waals surface area (Å²) >= 11 is 0. The van der Waals surface area contributed by atoms with Crippen molar-refractivity contribution in [1.82, 2.24) is 10.2 Å². The molecule has 92 valence electrons. The number of amidine groups is 1. The molecule has 0 aliphatic carbocycles. The van der Waals surface area contributed by atoms with Gasteiger partial charge in [-0.3, -0.25) is 10.7 Å². The van der Waals surface area contributed by atoms with Crippen molar-refractivity contribution in [3.63, 3.8) is 0 Å². The summed E-state index contributed by atoms with van der Waals surface area (Å²) in [7, 11) is 0. The van der Waals surface area contributed by atoms with Crippen molar-refractivity contribution in [2.75, 3.05) is 6.54 Å². The minimum Gasteiger partial charge on any atom is -0.314 e. The molecule has 0 spiro atoms. The number of rotatable bonds is 3. The van der Waals surface area contributed by atoms with Crippen LogP contribution in [-0.4, -0.2) is 29.4 Å². The first kappa shape index (κ1) is 13.0. The second kappa shape index (κ2) is 4.44. The van der Waals surface area contributed by atoms with Crippen LogP contribution in [-0.2, 0) is 0 Å². The molecule has 4 nitrogen and oxygen atoms in total. The molecule has 2 amide bonds. The summed E-state index contributed by atoms with van der Waals surface area (Å²) in [5, 5.41) is 10.4. The van der Waals surface area contributed by atoms with Crippen LogP contribution in [0.25, 0.3) is 0 Å². The molecule has 0 bridgehead atoms. The highest BCUT2D eigenvalue weighted by atomic mass is 16.2. The number of urea groups is 1. The van der Waals surface area contributed by atoms with Gasteiger partial charge in [0.15, 0.2) is 0 Å². The van der Waals surface area contributed by atoms with E-state index in [-0.39, 0.29) is 17.5 Å². The quantitative estimate of drug-likeness (QED) is 0.761. The van der Waals surface area contributed by atoms with E-state index >= 15 is 0 Å². The SMILES string of the molecule is CC(C)CN1C(=O)NC(=N)C1CC(C)(C)C. The van der Waals surface area contributed by atoms with Crippen LogP contribution >= 0.6 is 0 Å². The largest absolute Gasteiger partial charge is 0.323 e. The van der Waals surface area contributed by atoms with Crippen molar-refractivity contribution < 1.29 is 4.79 Å². The zero-order chi connectivity index (χ0) is 12.5. The summed E-state index contributed by atoms with van der Waals surface area (Å²) in [6.45, 7) is 11.3. The first-order valence-corrected chi connectivity index (χ1v) is 5.87. The van der Waals surface area contributed by atoms with Gasteiger partial charge in [0.25, 0.3) is 0 Å². The van der Waals surface area contributed by atoms with E-state index in [9.17, 15) is 4.79 Å². The zero-order valence-corrected chi connectivity index (χ0v) is 10.9. The Labute approximate surface area is 97.9 Å². The van der Waals surface area contributed by atoms with E-state index in [2.05, 4.69) is 39.9 Å². The fraction of sp³-hybridized carbons (Fsp3) is 0.833. The maximum absolute atomic E-state index is 11.7. The Morgan fingerprint density at radius 3 is 2.44 bits per heavy atom. The molecule has 1 saturated heterocycles. The van der Waals surface area contributed by atoms with Crippen molar-refractivity contribution >= 4 is 11.9 Å². The third-order valence-corrected chi connectivity index (χ3v) is 2.58. The van der Waals surface area contributed by atoms with Gasteiger partial charge in [0.1, 0.15) is 5.84 Å². The number of nitrogens with one attached hydrogen (secondary N) is 2. The topological polar surface area (TPSA) is 56.2 Å². The Bertz CT molecular complexity index is 291. The lowest BCUT2D eigenvalue weighted by molar-refractivity contribution is 0.183. The molecule has 0 aromatic rings. The number of nitrogens with zero attached hydrogens (tertiary/aromatic N) is 1. The first-order chi connectivity index (χ1) is 7.20. The molecule has 0 saturated carbocycles. The van der Waals surface area contributed by atoms with Gasteiger partial charge in [-0.15, -0.1) is 0 Å². The molecule has 2 N–H and O–H groups in total. The Morgan fingerprint density at radius 2 is 2.00 bits per heavy atom. The molecule has 16 heavy (non-hydrogen) atoms. The predicted octanol–water partition coefficient (Wildman–Crippen LogP) is 2.45. The third kappa shape index (κ3) is 3.22. The van der Waals surface area contributed by atoms with Gasteiger partial charge in [0.05, 0.1) is 6.04 Å². The van der Waals surface area contributed by atoms with E-state index in [1.165, 1.54) is 0 Å². The van der Waals surface area contributed by atoms with Gasteiger partial charge in [-0.1, -0.05) is 34.6 Å². The molecule has 4 heteroatoms. The van der Waals surface area contributed by atoms with E-state index in [0.29, 0.717) is 11.8 Å². The Morgan fingerprint density at radius 1 is 1.44 bits per heavy atom. The first-order valence-electron chi connectivity index (χ1n) is 5.87. The molecule has 1 aliphatic heterocycles. The van der Waals surface area contributed by atoms with Gasteiger partial charge in [-0.2, -0.15) is 0 Å².